The van der Waals surface area contributed by atoms with Crippen LogP contribution in [-0.2, 0) is 11.3 Å². The highest BCUT2D eigenvalue weighted by molar-refractivity contribution is 5.68. The first-order chi connectivity index (χ1) is 11.7. The van der Waals surface area contributed by atoms with Gasteiger partial charge in [0.05, 0.1) is 12.1 Å². The van der Waals surface area contributed by atoms with Gasteiger partial charge in [-0.2, -0.15) is 0 Å². The van der Waals surface area contributed by atoms with Gasteiger partial charge in [-0.05, 0) is 11.0 Å². The molecule has 1 heterocycles. The molecule has 3 atom stereocenters. The van der Waals surface area contributed by atoms with E-state index in [0.29, 0.717) is 0 Å². The number of alkyl carbamates (subject to hydrolysis) is 1. The standard InChI is InChI=1S/C18H26N2O5/c1-18(2,3)15-14(21)13(10-20(15)17(23)24)9-19-16(22)25-11-12-7-5-4-6-8-12/h4-8,13-15,21H,9-11H2,1-3H3,(H,19,22)(H,23,24)/t13-,14-,15?/m1/s1. The Labute approximate surface area is 147 Å². The van der Waals surface area contributed by atoms with E-state index in [2.05, 4.69) is 5.32 Å². The minimum absolute atomic E-state index is 0.158. The summed E-state index contributed by atoms with van der Waals surface area (Å²) < 4.78 is 5.13. The van der Waals surface area contributed by atoms with E-state index in [0.717, 1.165) is 5.56 Å². The fourth-order valence-corrected chi connectivity index (χ4v) is 3.27. The Morgan fingerprint density at radius 3 is 2.44 bits per heavy atom. The summed E-state index contributed by atoms with van der Waals surface area (Å²) >= 11 is 0. The molecule has 0 saturated carbocycles. The molecule has 1 aromatic rings. The maximum absolute atomic E-state index is 11.8. The molecule has 2 amide bonds. The lowest BCUT2D eigenvalue weighted by molar-refractivity contribution is 0.0353. The molecule has 1 saturated heterocycles. The Morgan fingerprint density at radius 2 is 1.92 bits per heavy atom. The molecule has 0 aromatic heterocycles. The van der Waals surface area contributed by atoms with E-state index in [9.17, 15) is 19.8 Å². The van der Waals surface area contributed by atoms with E-state index in [1.54, 1.807) is 0 Å². The second-order valence-electron chi connectivity index (χ2n) is 7.44. The smallest absolute Gasteiger partial charge is 0.407 e. The number of benzene rings is 1. The number of carbonyl (C=O) groups is 2. The first-order valence-electron chi connectivity index (χ1n) is 8.32. The van der Waals surface area contributed by atoms with Crippen LogP contribution >= 0.6 is 0 Å². The minimum Gasteiger partial charge on any atom is -0.465 e. The van der Waals surface area contributed by atoms with Gasteiger partial charge in [-0.3, -0.25) is 0 Å². The normalized spacial score (nSPS) is 23.4. The molecule has 1 unspecified atom stereocenters. The van der Waals surface area contributed by atoms with Gasteiger partial charge in [0.1, 0.15) is 6.61 Å². The molecule has 1 aromatic carbocycles. The van der Waals surface area contributed by atoms with Crippen molar-refractivity contribution < 1.29 is 24.5 Å². The zero-order valence-electron chi connectivity index (χ0n) is 14.8. The second kappa shape index (κ2) is 7.74. The van der Waals surface area contributed by atoms with E-state index in [1.807, 2.05) is 51.1 Å². The third kappa shape index (κ3) is 4.85. The molecule has 2 rings (SSSR count). The molecule has 0 bridgehead atoms. The minimum atomic E-state index is -1.06. The van der Waals surface area contributed by atoms with Gasteiger partial charge in [0, 0.05) is 19.0 Å². The van der Waals surface area contributed by atoms with Crippen molar-refractivity contribution in [3.05, 3.63) is 35.9 Å². The highest BCUT2D eigenvalue weighted by atomic mass is 16.5. The summed E-state index contributed by atoms with van der Waals surface area (Å²) in [4.78, 5) is 24.5. The molecule has 7 heteroatoms. The summed E-state index contributed by atoms with van der Waals surface area (Å²) in [5.41, 5.74) is 0.476. The summed E-state index contributed by atoms with van der Waals surface area (Å²) in [6, 6.07) is 8.79. The monoisotopic (exact) mass is 350 g/mol. The van der Waals surface area contributed by atoms with Crippen molar-refractivity contribution in [3.8, 4) is 0 Å². The van der Waals surface area contributed by atoms with Crippen molar-refractivity contribution in [2.75, 3.05) is 13.1 Å². The first-order valence-corrected chi connectivity index (χ1v) is 8.32. The number of rotatable bonds is 4. The van der Waals surface area contributed by atoms with E-state index >= 15 is 0 Å². The fourth-order valence-electron chi connectivity index (χ4n) is 3.27. The molecule has 1 fully saturated rings. The van der Waals surface area contributed by atoms with Crippen molar-refractivity contribution in [2.24, 2.45) is 11.3 Å². The number of carboxylic acid groups (broad SMARTS) is 1. The van der Waals surface area contributed by atoms with E-state index in [1.165, 1.54) is 4.90 Å². The quantitative estimate of drug-likeness (QED) is 0.774. The predicted octanol–water partition coefficient (Wildman–Crippen LogP) is 2.30. The van der Waals surface area contributed by atoms with Crippen molar-refractivity contribution in [1.82, 2.24) is 10.2 Å². The van der Waals surface area contributed by atoms with Crippen molar-refractivity contribution in [2.45, 2.75) is 39.5 Å². The van der Waals surface area contributed by atoms with Crippen LogP contribution in [0.3, 0.4) is 0 Å². The van der Waals surface area contributed by atoms with Crippen molar-refractivity contribution in [1.29, 1.82) is 0 Å². The summed E-state index contributed by atoms with van der Waals surface area (Å²) in [6.45, 7) is 6.16. The molecule has 1 aliphatic heterocycles. The summed E-state index contributed by atoms with van der Waals surface area (Å²) in [5, 5.41) is 22.5. The van der Waals surface area contributed by atoms with Crippen molar-refractivity contribution in [3.63, 3.8) is 0 Å². The first kappa shape index (κ1) is 19.1. The molecule has 0 radical (unpaired) electrons. The number of amides is 2. The summed E-state index contributed by atoms with van der Waals surface area (Å²) in [6.07, 6.45) is -2.49. The molecular formula is C18H26N2O5. The maximum Gasteiger partial charge on any atom is 0.407 e. The van der Waals surface area contributed by atoms with Crippen LogP contribution in [0.2, 0.25) is 0 Å². The Bertz CT molecular complexity index is 599. The van der Waals surface area contributed by atoms with Gasteiger partial charge in [-0.25, -0.2) is 9.59 Å². The van der Waals surface area contributed by atoms with Crippen LogP contribution < -0.4 is 5.32 Å². The van der Waals surface area contributed by atoms with Gasteiger partial charge in [-0.15, -0.1) is 0 Å². The van der Waals surface area contributed by atoms with Gasteiger partial charge in [-0.1, -0.05) is 51.1 Å². The van der Waals surface area contributed by atoms with Crippen LogP contribution in [0.4, 0.5) is 9.59 Å². The largest absolute Gasteiger partial charge is 0.465 e. The lowest BCUT2D eigenvalue weighted by atomic mass is 9.82. The third-order valence-corrected chi connectivity index (χ3v) is 4.43. The van der Waals surface area contributed by atoms with Crippen LogP contribution in [0.5, 0.6) is 0 Å². The molecule has 0 aliphatic carbocycles. The SMILES string of the molecule is CC(C)(C)C1[C@H](O)[C@H](CNC(=O)OCc2ccccc2)CN1C(=O)O. The number of ether oxygens (including phenoxy) is 1. The zero-order valence-corrected chi connectivity index (χ0v) is 14.8. The van der Waals surface area contributed by atoms with Crippen molar-refractivity contribution >= 4 is 12.2 Å². The number of aliphatic hydroxyl groups excluding tert-OH is 1. The number of nitrogens with zero attached hydrogens (tertiary/aromatic N) is 1. The highest BCUT2D eigenvalue weighted by Gasteiger charge is 2.48. The molecule has 25 heavy (non-hydrogen) atoms. The lowest BCUT2D eigenvalue weighted by Crippen LogP contribution is -2.47. The third-order valence-electron chi connectivity index (χ3n) is 4.43. The van der Waals surface area contributed by atoms with Crippen LogP contribution in [0.15, 0.2) is 30.3 Å². The highest BCUT2D eigenvalue weighted by Crippen LogP contribution is 2.35. The summed E-state index contributed by atoms with van der Waals surface area (Å²) in [7, 11) is 0. The van der Waals surface area contributed by atoms with Crippen LogP contribution in [-0.4, -0.2) is 52.5 Å². The second-order valence-corrected chi connectivity index (χ2v) is 7.44. The Balaban J connectivity index is 1.87. The fraction of sp³-hybridized carbons (Fsp3) is 0.556. The molecule has 1 aliphatic rings. The van der Waals surface area contributed by atoms with Gasteiger partial charge >= 0.3 is 12.2 Å². The Hall–Kier alpha value is -2.28. The van der Waals surface area contributed by atoms with Gasteiger partial charge in [0.25, 0.3) is 0 Å². The van der Waals surface area contributed by atoms with Crippen LogP contribution in [0.25, 0.3) is 0 Å². The molecule has 0 spiro atoms. The van der Waals surface area contributed by atoms with E-state index in [-0.39, 0.29) is 25.6 Å². The van der Waals surface area contributed by atoms with E-state index < -0.39 is 29.7 Å². The topological polar surface area (TPSA) is 99.1 Å². The number of carbonyl (C=O) groups excluding carboxylic acids is 1. The Morgan fingerprint density at radius 1 is 1.28 bits per heavy atom. The van der Waals surface area contributed by atoms with Crippen LogP contribution in [0, 0.1) is 11.3 Å². The summed E-state index contributed by atoms with van der Waals surface area (Å²) in [5.74, 6) is -0.371. The average Bonchev–Trinajstić information content (AvgIpc) is 2.89. The number of hydrogen-bond acceptors (Lipinski definition) is 4. The maximum atomic E-state index is 11.8. The number of likely N-dealkylation sites (tertiary alicyclic amines) is 1. The lowest BCUT2D eigenvalue weighted by Gasteiger charge is -2.35. The average molecular weight is 350 g/mol. The number of aliphatic hydroxyl groups is 1. The predicted molar refractivity (Wildman–Crippen MR) is 92.1 cm³/mol. The van der Waals surface area contributed by atoms with Crippen LogP contribution in [0.1, 0.15) is 26.3 Å². The van der Waals surface area contributed by atoms with Gasteiger partial charge in [0.15, 0.2) is 0 Å². The molecular weight excluding hydrogens is 324 g/mol. The molecule has 138 valence electrons. The van der Waals surface area contributed by atoms with E-state index in [4.69, 9.17) is 4.74 Å². The molecule has 3 N–H and O–H groups in total. The number of nitrogens with one attached hydrogen (secondary N) is 1. The Kier molecular flexibility index (Phi) is 5.89. The number of hydrogen-bond donors (Lipinski definition) is 3. The molecule has 7 nitrogen and oxygen atoms in total. The zero-order chi connectivity index (χ0) is 18.6. The van der Waals surface area contributed by atoms with Gasteiger partial charge in [0.2, 0.25) is 0 Å². The van der Waals surface area contributed by atoms with Gasteiger partial charge < -0.3 is 25.2 Å².